The van der Waals surface area contributed by atoms with Gasteiger partial charge in [0.15, 0.2) is 8.32 Å². The van der Waals surface area contributed by atoms with Gasteiger partial charge in [0, 0.05) is 0 Å². The molecule has 2 aromatic rings. The summed E-state index contributed by atoms with van der Waals surface area (Å²) < 4.78 is 12.9. The van der Waals surface area contributed by atoms with Crippen LogP contribution >= 0.6 is 0 Å². The zero-order valence-electron chi connectivity index (χ0n) is 22.0. The molecule has 0 N–H and O–H groups in total. The number of fused-ring (bicyclic) bond motifs is 1. The van der Waals surface area contributed by atoms with Gasteiger partial charge in [0.25, 0.3) is 11.8 Å². The molecule has 6 nitrogen and oxygen atoms in total. The van der Waals surface area contributed by atoms with Gasteiger partial charge >= 0.3 is 5.97 Å². The van der Waals surface area contributed by atoms with E-state index in [1.807, 2.05) is 19.9 Å². The standard InChI is InChI=1S/C28H37NO5Si/c1-18(2)23(34-35(7,8)28(4,5)6)24(33-27(32)20-14-10-9-11-15-20)19(3)29-25(30)21-16-12-13-17-22(21)26(29)31/h9-19,23-24H,1-8H3. The van der Waals surface area contributed by atoms with Gasteiger partial charge < -0.3 is 9.16 Å². The number of nitrogens with zero attached hydrogens (tertiary/aromatic N) is 1. The summed E-state index contributed by atoms with van der Waals surface area (Å²) in [6.07, 6.45) is -1.36. The zero-order chi connectivity index (χ0) is 26.1. The maximum atomic E-state index is 13.3. The summed E-state index contributed by atoms with van der Waals surface area (Å²) in [7, 11) is -2.29. The van der Waals surface area contributed by atoms with E-state index >= 15 is 0 Å². The van der Waals surface area contributed by atoms with Crippen LogP contribution in [-0.2, 0) is 9.16 Å². The smallest absolute Gasteiger partial charge is 0.338 e. The molecule has 3 rings (SSSR count). The number of ether oxygens (including phenoxy) is 1. The normalized spacial score (nSPS) is 16.8. The fourth-order valence-corrected chi connectivity index (χ4v) is 5.47. The highest BCUT2D eigenvalue weighted by Crippen LogP contribution is 2.40. The van der Waals surface area contributed by atoms with E-state index in [-0.39, 0.29) is 22.8 Å². The first-order chi connectivity index (χ1) is 16.3. The molecule has 0 saturated carbocycles. The molecule has 1 aliphatic rings. The molecular formula is C28H37NO5Si. The highest BCUT2D eigenvalue weighted by Gasteiger charge is 2.48. The Morgan fingerprint density at radius 1 is 0.829 bits per heavy atom. The predicted molar refractivity (Wildman–Crippen MR) is 139 cm³/mol. The average Bonchev–Trinajstić information content (AvgIpc) is 3.05. The fourth-order valence-electron chi connectivity index (χ4n) is 4.03. The van der Waals surface area contributed by atoms with Gasteiger partial charge in [-0.15, -0.1) is 0 Å². The van der Waals surface area contributed by atoms with E-state index in [9.17, 15) is 14.4 Å². The van der Waals surface area contributed by atoms with Crippen LogP contribution < -0.4 is 0 Å². The zero-order valence-corrected chi connectivity index (χ0v) is 23.0. The van der Waals surface area contributed by atoms with Gasteiger partial charge in [0.05, 0.1) is 28.8 Å². The fraction of sp³-hybridized carbons (Fsp3) is 0.464. The second-order valence-corrected chi connectivity index (χ2v) is 15.8. The molecule has 0 fully saturated rings. The van der Waals surface area contributed by atoms with E-state index in [0.29, 0.717) is 16.7 Å². The number of hydrogen-bond donors (Lipinski definition) is 0. The number of esters is 1. The number of imide groups is 1. The summed E-state index contributed by atoms with van der Waals surface area (Å²) in [5.41, 5.74) is 1.13. The molecule has 35 heavy (non-hydrogen) atoms. The molecule has 188 valence electrons. The molecule has 3 atom stereocenters. The summed E-state index contributed by atoms with van der Waals surface area (Å²) in [5, 5.41) is -0.0765. The molecule has 0 aliphatic carbocycles. The van der Waals surface area contributed by atoms with Crippen LogP contribution in [-0.4, -0.2) is 49.3 Å². The molecule has 2 amide bonds. The van der Waals surface area contributed by atoms with Crippen molar-refractivity contribution in [3.8, 4) is 0 Å². The molecule has 0 bridgehead atoms. The molecule has 0 spiro atoms. The monoisotopic (exact) mass is 495 g/mol. The van der Waals surface area contributed by atoms with Gasteiger partial charge in [0.2, 0.25) is 0 Å². The van der Waals surface area contributed by atoms with Crippen molar-refractivity contribution in [2.75, 3.05) is 0 Å². The predicted octanol–water partition coefficient (Wildman–Crippen LogP) is 5.94. The molecule has 1 aliphatic heterocycles. The van der Waals surface area contributed by atoms with Crippen molar-refractivity contribution in [3.05, 3.63) is 71.3 Å². The Bertz CT molecular complexity index is 1060. The largest absolute Gasteiger partial charge is 0.454 e. The van der Waals surface area contributed by atoms with Crippen LogP contribution in [0.15, 0.2) is 54.6 Å². The SMILES string of the molecule is CC(C)C(O[Si](C)(C)C(C)(C)C)C(OC(=O)c1ccccc1)C(C)N1C(=O)c2ccccc2C1=O. The Labute approximate surface area is 209 Å². The minimum atomic E-state index is -2.29. The lowest BCUT2D eigenvalue weighted by Gasteiger charge is -2.44. The number of hydrogen-bond acceptors (Lipinski definition) is 5. The second-order valence-electron chi connectivity index (χ2n) is 11.1. The molecule has 0 radical (unpaired) electrons. The van der Waals surface area contributed by atoms with Crippen LogP contribution in [0.5, 0.6) is 0 Å². The Kier molecular flexibility index (Phi) is 7.72. The van der Waals surface area contributed by atoms with Crippen molar-refractivity contribution >= 4 is 26.1 Å². The van der Waals surface area contributed by atoms with Crippen LogP contribution in [0.25, 0.3) is 0 Å². The first kappa shape index (κ1) is 26.8. The molecule has 7 heteroatoms. The number of carbonyl (C=O) groups excluding carboxylic acids is 3. The van der Waals surface area contributed by atoms with Gasteiger partial charge in [-0.05, 0) is 55.2 Å². The van der Waals surface area contributed by atoms with Gasteiger partial charge in [-0.3, -0.25) is 14.5 Å². The lowest BCUT2D eigenvalue weighted by Crippen LogP contribution is -2.57. The van der Waals surface area contributed by atoms with E-state index in [0.717, 1.165) is 0 Å². The van der Waals surface area contributed by atoms with Crippen molar-refractivity contribution in [2.45, 2.75) is 77.9 Å². The maximum Gasteiger partial charge on any atom is 0.338 e. The van der Waals surface area contributed by atoms with Crippen LogP contribution in [0.1, 0.15) is 72.6 Å². The Hall–Kier alpha value is -2.77. The van der Waals surface area contributed by atoms with Crippen LogP contribution in [0.3, 0.4) is 0 Å². The average molecular weight is 496 g/mol. The van der Waals surface area contributed by atoms with E-state index in [1.54, 1.807) is 55.5 Å². The first-order valence-corrected chi connectivity index (χ1v) is 15.1. The number of benzene rings is 2. The Balaban J connectivity index is 2.02. The summed E-state index contributed by atoms with van der Waals surface area (Å²) in [6, 6.07) is 14.8. The topological polar surface area (TPSA) is 72.9 Å². The van der Waals surface area contributed by atoms with E-state index in [4.69, 9.17) is 9.16 Å². The molecule has 1 heterocycles. The Morgan fingerprint density at radius 3 is 1.77 bits per heavy atom. The van der Waals surface area contributed by atoms with Crippen molar-refractivity contribution < 1.29 is 23.5 Å². The van der Waals surface area contributed by atoms with Gasteiger partial charge in [-0.1, -0.05) is 65.0 Å². The maximum absolute atomic E-state index is 13.3. The van der Waals surface area contributed by atoms with Crippen LogP contribution in [0.4, 0.5) is 0 Å². The first-order valence-electron chi connectivity index (χ1n) is 12.2. The molecule has 0 aromatic heterocycles. The van der Waals surface area contributed by atoms with Crippen molar-refractivity contribution in [1.29, 1.82) is 0 Å². The minimum absolute atomic E-state index is 0.0321. The van der Waals surface area contributed by atoms with Crippen molar-refractivity contribution in [2.24, 2.45) is 5.92 Å². The lowest BCUT2D eigenvalue weighted by atomic mass is 9.96. The number of carbonyl (C=O) groups is 3. The third-order valence-corrected chi connectivity index (χ3v) is 11.7. The summed E-state index contributed by atoms with van der Waals surface area (Å²) in [5.74, 6) is -1.30. The van der Waals surface area contributed by atoms with Crippen molar-refractivity contribution in [3.63, 3.8) is 0 Å². The highest BCUT2D eigenvalue weighted by atomic mass is 28.4. The highest BCUT2D eigenvalue weighted by molar-refractivity contribution is 6.74. The van der Waals surface area contributed by atoms with Crippen LogP contribution in [0.2, 0.25) is 18.1 Å². The third kappa shape index (κ3) is 5.41. The molecular weight excluding hydrogens is 458 g/mol. The van der Waals surface area contributed by atoms with E-state index < -0.39 is 32.5 Å². The molecule has 2 aromatic carbocycles. The number of amides is 2. The quantitative estimate of drug-likeness (QED) is 0.257. The Morgan fingerprint density at radius 2 is 1.31 bits per heavy atom. The second kappa shape index (κ2) is 10.1. The minimum Gasteiger partial charge on any atom is -0.454 e. The summed E-state index contributed by atoms with van der Waals surface area (Å²) in [6.45, 7) is 16.5. The molecule has 0 saturated heterocycles. The summed E-state index contributed by atoms with van der Waals surface area (Å²) >= 11 is 0. The van der Waals surface area contributed by atoms with Crippen LogP contribution in [0, 0.1) is 5.92 Å². The van der Waals surface area contributed by atoms with Gasteiger partial charge in [-0.25, -0.2) is 4.79 Å². The molecule has 3 unspecified atom stereocenters. The lowest BCUT2D eigenvalue weighted by molar-refractivity contribution is -0.0542. The summed E-state index contributed by atoms with van der Waals surface area (Å²) in [4.78, 5) is 41.0. The van der Waals surface area contributed by atoms with E-state index in [2.05, 4.69) is 33.9 Å². The third-order valence-electron chi connectivity index (χ3n) is 7.18. The van der Waals surface area contributed by atoms with Gasteiger partial charge in [0.1, 0.15) is 6.10 Å². The number of rotatable bonds is 8. The van der Waals surface area contributed by atoms with Gasteiger partial charge in [-0.2, -0.15) is 0 Å². The van der Waals surface area contributed by atoms with Crippen molar-refractivity contribution in [1.82, 2.24) is 4.90 Å². The van der Waals surface area contributed by atoms with E-state index in [1.165, 1.54) is 4.90 Å².